The molecule has 1 spiro atoms. The van der Waals surface area contributed by atoms with Gasteiger partial charge in [-0.1, -0.05) is 20.8 Å². The summed E-state index contributed by atoms with van der Waals surface area (Å²) in [4.78, 5) is 8.05. The lowest BCUT2D eigenvalue weighted by Crippen LogP contribution is -2.57. The van der Waals surface area contributed by atoms with E-state index in [4.69, 9.17) is 0 Å². The fourth-order valence-electron chi connectivity index (χ4n) is 6.90. The fraction of sp³-hybridized carbons (Fsp3) is 1.00. The van der Waals surface area contributed by atoms with Crippen LogP contribution in [0.1, 0.15) is 65.7 Å². The van der Waals surface area contributed by atoms with Crippen LogP contribution < -0.4 is 0 Å². The van der Waals surface area contributed by atoms with Crippen molar-refractivity contribution in [3.63, 3.8) is 0 Å². The van der Waals surface area contributed by atoms with E-state index >= 15 is 0 Å². The summed E-state index contributed by atoms with van der Waals surface area (Å²) in [6.45, 7) is 18.0. The number of nitrogens with zero attached hydrogens (tertiary/aromatic N) is 3. The fourth-order valence-corrected chi connectivity index (χ4v) is 6.90. The standard InChI is InChI=1S/C23H43N3/c1-20(2)15-22(5-6-22)19-25-9-7-23(8-10-25)16-21(3,17-23)18-26-13-11-24(4)12-14-26/h20H,5-19H2,1-4H3. The Morgan fingerprint density at radius 3 is 1.88 bits per heavy atom. The number of hydrogen-bond acceptors (Lipinski definition) is 3. The van der Waals surface area contributed by atoms with E-state index in [0.717, 1.165) is 5.92 Å². The Hall–Kier alpha value is -0.120. The molecule has 4 aliphatic rings. The number of likely N-dealkylation sites (tertiary alicyclic amines) is 1. The molecule has 26 heavy (non-hydrogen) atoms. The molecule has 4 fully saturated rings. The molecule has 0 bridgehead atoms. The van der Waals surface area contributed by atoms with Crippen molar-refractivity contribution >= 4 is 0 Å². The maximum atomic E-state index is 2.83. The lowest BCUT2D eigenvalue weighted by atomic mass is 9.50. The quantitative estimate of drug-likeness (QED) is 0.709. The average Bonchev–Trinajstić information content (AvgIpc) is 3.29. The third-order valence-electron chi connectivity index (χ3n) is 8.08. The van der Waals surface area contributed by atoms with E-state index in [9.17, 15) is 0 Å². The van der Waals surface area contributed by atoms with E-state index in [0.29, 0.717) is 16.2 Å². The monoisotopic (exact) mass is 361 g/mol. The van der Waals surface area contributed by atoms with Gasteiger partial charge in [0.25, 0.3) is 0 Å². The second-order valence-electron chi connectivity index (χ2n) is 11.6. The first-order chi connectivity index (χ1) is 12.3. The smallest absolute Gasteiger partial charge is 0.0110 e. The van der Waals surface area contributed by atoms with Crippen molar-refractivity contribution in [1.29, 1.82) is 0 Å². The first-order valence-electron chi connectivity index (χ1n) is 11.4. The molecule has 2 saturated heterocycles. The summed E-state index contributed by atoms with van der Waals surface area (Å²) in [5.41, 5.74) is 2.04. The van der Waals surface area contributed by atoms with E-state index < -0.39 is 0 Å². The molecule has 0 aromatic heterocycles. The first kappa shape index (κ1) is 19.2. The summed E-state index contributed by atoms with van der Waals surface area (Å²) in [5.74, 6) is 0.871. The number of piperidine rings is 1. The minimum Gasteiger partial charge on any atom is -0.304 e. The van der Waals surface area contributed by atoms with Crippen molar-refractivity contribution in [2.75, 3.05) is 59.4 Å². The highest BCUT2D eigenvalue weighted by atomic mass is 15.2. The number of piperazine rings is 1. The molecule has 3 nitrogen and oxygen atoms in total. The highest BCUT2D eigenvalue weighted by Crippen LogP contribution is 2.60. The van der Waals surface area contributed by atoms with Crippen LogP contribution >= 0.6 is 0 Å². The van der Waals surface area contributed by atoms with Crippen LogP contribution in [0.15, 0.2) is 0 Å². The van der Waals surface area contributed by atoms with Crippen molar-refractivity contribution in [1.82, 2.24) is 14.7 Å². The van der Waals surface area contributed by atoms with E-state index in [2.05, 4.69) is 42.5 Å². The van der Waals surface area contributed by atoms with Gasteiger partial charge in [0.2, 0.25) is 0 Å². The zero-order chi connectivity index (χ0) is 18.4. The van der Waals surface area contributed by atoms with E-state index in [1.54, 1.807) is 0 Å². The van der Waals surface area contributed by atoms with Crippen LogP contribution in [0.2, 0.25) is 0 Å². The molecule has 2 heterocycles. The Morgan fingerprint density at radius 2 is 1.35 bits per heavy atom. The molecule has 4 rings (SSSR count). The van der Waals surface area contributed by atoms with Crippen molar-refractivity contribution in [3.05, 3.63) is 0 Å². The van der Waals surface area contributed by atoms with Crippen LogP contribution in [0.3, 0.4) is 0 Å². The van der Waals surface area contributed by atoms with Crippen LogP contribution in [0.4, 0.5) is 0 Å². The Labute approximate surface area is 162 Å². The van der Waals surface area contributed by atoms with Gasteiger partial charge in [-0.05, 0) is 87.2 Å². The molecule has 0 atom stereocenters. The van der Waals surface area contributed by atoms with Crippen LogP contribution in [0, 0.1) is 22.2 Å². The van der Waals surface area contributed by atoms with Crippen molar-refractivity contribution in [2.24, 2.45) is 22.2 Å². The van der Waals surface area contributed by atoms with Gasteiger partial charge in [0, 0.05) is 39.3 Å². The van der Waals surface area contributed by atoms with Gasteiger partial charge in [-0.3, -0.25) is 0 Å². The minimum atomic E-state index is 0.605. The predicted octanol–water partition coefficient (Wildman–Crippen LogP) is 3.94. The maximum Gasteiger partial charge on any atom is 0.0110 e. The molecule has 2 saturated carbocycles. The highest BCUT2D eigenvalue weighted by Gasteiger charge is 2.53. The SMILES string of the molecule is CC(C)CC1(CN2CCC3(CC2)CC(C)(CN2CCN(C)CC2)C3)CC1. The lowest BCUT2D eigenvalue weighted by Gasteiger charge is -2.59. The van der Waals surface area contributed by atoms with Crippen molar-refractivity contribution in [3.8, 4) is 0 Å². The van der Waals surface area contributed by atoms with Crippen molar-refractivity contribution < 1.29 is 0 Å². The highest BCUT2D eigenvalue weighted by molar-refractivity contribution is 5.05. The topological polar surface area (TPSA) is 9.72 Å². The number of hydrogen-bond donors (Lipinski definition) is 0. The second-order valence-corrected chi connectivity index (χ2v) is 11.6. The molecule has 0 radical (unpaired) electrons. The van der Waals surface area contributed by atoms with Gasteiger partial charge in [0.1, 0.15) is 0 Å². The predicted molar refractivity (Wildman–Crippen MR) is 111 cm³/mol. The van der Waals surface area contributed by atoms with Crippen LogP contribution in [-0.4, -0.2) is 74.1 Å². The number of likely N-dealkylation sites (N-methyl/N-ethyl adjacent to an activating group) is 1. The summed E-state index contributed by atoms with van der Waals surface area (Å²) in [6, 6.07) is 0. The third-order valence-corrected chi connectivity index (χ3v) is 8.08. The molecular formula is C23H43N3. The first-order valence-corrected chi connectivity index (χ1v) is 11.4. The lowest BCUT2D eigenvalue weighted by molar-refractivity contribution is -0.0900. The third kappa shape index (κ3) is 4.31. The molecule has 3 heteroatoms. The van der Waals surface area contributed by atoms with E-state index in [1.165, 1.54) is 97.3 Å². The summed E-state index contributed by atoms with van der Waals surface area (Å²) < 4.78 is 0. The van der Waals surface area contributed by atoms with Gasteiger partial charge >= 0.3 is 0 Å². The average molecular weight is 362 g/mol. The molecule has 150 valence electrons. The zero-order valence-electron chi connectivity index (χ0n) is 18.0. The Kier molecular flexibility index (Phi) is 5.20. The Balaban J connectivity index is 1.21. The summed E-state index contributed by atoms with van der Waals surface area (Å²) in [5, 5.41) is 0. The molecule has 0 unspecified atom stereocenters. The Morgan fingerprint density at radius 1 is 0.769 bits per heavy atom. The minimum absolute atomic E-state index is 0.605. The second kappa shape index (κ2) is 7.04. The summed E-state index contributed by atoms with van der Waals surface area (Å²) >= 11 is 0. The van der Waals surface area contributed by atoms with Gasteiger partial charge in [0.05, 0.1) is 0 Å². The zero-order valence-corrected chi connectivity index (χ0v) is 18.0. The van der Waals surface area contributed by atoms with Gasteiger partial charge in [-0.2, -0.15) is 0 Å². The van der Waals surface area contributed by atoms with Gasteiger partial charge in [-0.15, -0.1) is 0 Å². The number of rotatable bonds is 6. The normalized spacial score (nSPS) is 31.3. The van der Waals surface area contributed by atoms with Gasteiger partial charge in [0.15, 0.2) is 0 Å². The van der Waals surface area contributed by atoms with E-state index in [-0.39, 0.29) is 0 Å². The van der Waals surface area contributed by atoms with Crippen molar-refractivity contribution in [2.45, 2.75) is 65.7 Å². The largest absolute Gasteiger partial charge is 0.304 e. The van der Waals surface area contributed by atoms with Gasteiger partial charge in [-0.25, -0.2) is 0 Å². The van der Waals surface area contributed by atoms with Crippen LogP contribution in [-0.2, 0) is 0 Å². The van der Waals surface area contributed by atoms with Crippen LogP contribution in [0.5, 0.6) is 0 Å². The maximum absolute atomic E-state index is 2.83. The Bertz CT molecular complexity index is 472. The molecule has 0 aromatic carbocycles. The summed E-state index contributed by atoms with van der Waals surface area (Å²) in [7, 11) is 2.26. The molecular weight excluding hydrogens is 318 g/mol. The molecule has 2 aliphatic heterocycles. The van der Waals surface area contributed by atoms with Gasteiger partial charge < -0.3 is 14.7 Å². The van der Waals surface area contributed by atoms with Crippen LogP contribution in [0.25, 0.3) is 0 Å². The molecule has 0 N–H and O–H groups in total. The van der Waals surface area contributed by atoms with E-state index in [1.807, 2.05) is 0 Å². The molecule has 2 aliphatic carbocycles. The molecule has 0 amide bonds. The molecule has 0 aromatic rings. The summed E-state index contributed by atoms with van der Waals surface area (Å²) in [6.07, 6.45) is 10.4.